The summed E-state index contributed by atoms with van der Waals surface area (Å²) in [5.74, 6) is 0. The zero-order chi connectivity index (χ0) is 15.0. The van der Waals surface area contributed by atoms with Crippen LogP contribution in [0.2, 0.25) is 0 Å². The van der Waals surface area contributed by atoms with E-state index in [0.29, 0.717) is 23.0 Å². The molecule has 0 spiro atoms. The monoisotopic (exact) mass is 308 g/mol. The van der Waals surface area contributed by atoms with Gasteiger partial charge in [-0.25, -0.2) is 8.42 Å². The molecule has 0 aromatic heterocycles. The molecule has 2 heterocycles. The van der Waals surface area contributed by atoms with Crippen molar-refractivity contribution < 1.29 is 8.42 Å². The first-order valence-corrected chi connectivity index (χ1v) is 9.61. The number of benzene rings is 1. The summed E-state index contributed by atoms with van der Waals surface area (Å²) in [7, 11) is -0.851. The molecule has 2 bridgehead atoms. The van der Waals surface area contributed by atoms with E-state index in [-0.39, 0.29) is 0 Å². The van der Waals surface area contributed by atoms with Gasteiger partial charge in [0, 0.05) is 30.1 Å². The van der Waals surface area contributed by atoms with Crippen LogP contribution >= 0.6 is 0 Å². The van der Waals surface area contributed by atoms with Crippen LogP contribution in [-0.2, 0) is 9.84 Å². The summed E-state index contributed by atoms with van der Waals surface area (Å²) in [5.41, 5.74) is 1.02. The minimum absolute atomic E-state index is 0.383. The lowest BCUT2D eigenvalue weighted by Crippen LogP contribution is -2.52. The number of rotatable bonds is 3. The van der Waals surface area contributed by atoms with E-state index in [0.717, 1.165) is 5.69 Å². The van der Waals surface area contributed by atoms with E-state index in [1.807, 2.05) is 12.1 Å². The van der Waals surface area contributed by atoms with E-state index in [1.165, 1.54) is 38.4 Å². The van der Waals surface area contributed by atoms with Crippen molar-refractivity contribution in [1.29, 1.82) is 0 Å². The van der Waals surface area contributed by atoms with Gasteiger partial charge in [-0.2, -0.15) is 0 Å². The van der Waals surface area contributed by atoms with Gasteiger partial charge in [0.1, 0.15) is 0 Å². The lowest BCUT2D eigenvalue weighted by atomic mass is 9.82. The highest BCUT2D eigenvalue weighted by molar-refractivity contribution is 7.90. The maximum Gasteiger partial charge on any atom is 0.175 e. The van der Waals surface area contributed by atoms with Crippen molar-refractivity contribution >= 4 is 15.5 Å². The van der Waals surface area contributed by atoms with Crippen molar-refractivity contribution in [3.8, 4) is 0 Å². The van der Waals surface area contributed by atoms with Crippen LogP contribution in [0.4, 0.5) is 5.69 Å². The van der Waals surface area contributed by atoms with E-state index < -0.39 is 9.84 Å². The molecule has 2 fully saturated rings. The third kappa shape index (κ3) is 3.24. The summed E-state index contributed by atoms with van der Waals surface area (Å²) in [4.78, 5) is 2.93. The fraction of sp³-hybridized carbons (Fsp3) is 0.625. The van der Waals surface area contributed by atoms with Gasteiger partial charge in [-0.05, 0) is 57.0 Å². The van der Waals surface area contributed by atoms with E-state index in [9.17, 15) is 8.42 Å². The van der Waals surface area contributed by atoms with Crippen LogP contribution in [0.15, 0.2) is 29.2 Å². The van der Waals surface area contributed by atoms with Crippen molar-refractivity contribution in [3.63, 3.8) is 0 Å². The SMILES string of the molecule is CN1C2CCCC1CC(Nc1ccc(S(C)(=O)=O)cc1)C2. The number of anilines is 1. The quantitative estimate of drug-likeness (QED) is 0.932. The molecule has 2 aliphatic rings. The van der Waals surface area contributed by atoms with Crippen molar-refractivity contribution in [3.05, 3.63) is 24.3 Å². The lowest BCUT2D eigenvalue weighted by Gasteiger charge is -2.47. The topological polar surface area (TPSA) is 49.4 Å². The van der Waals surface area contributed by atoms with Gasteiger partial charge in [0.25, 0.3) is 0 Å². The van der Waals surface area contributed by atoms with E-state index >= 15 is 0 Å². The largest absolute Gasteiger partial charge is 0.382 e. The first kappa shape index (κ1) is 14.9. The second kappa shape index (κ2) is 5.61. The summed E-state index contributed by atoms with van der Waals surface area (Å²) in [6.45, 7) is 0. The predicted octanol–water partition coefficient (Wildman–Crippen LogP) is 2.52. The number of fused-ring (bicyclic) bond motifs is 2. The Morgan fingerprint density at radius 1 is 1.10 bits per heavy atom. The molecule has 116 valence electrons. The first-order valence-electron chi connectivity index (χ1n) is 7.72. The standard InChI is InChI=1S/C16H24N2O2S/c1-18-14-4-3-5-15(18)11-13(10-14)17-12-6-8-16(9-7-12)21(2,19)20/h6-9,13-15,17H,3-5,10-11H2,1-2H3. The Bertz CT molecular complexity index is 583. The van der Waals surface area contributed by atoms with E-state index in [4.69, 9.17) is 0 Å². The van der Waals surface area contributed by atoms with Crippen molar-refractivity contribution in [2.45, 2.75) is 55.1 Å². The van der Waals surface area contributed by atoms with Gasteiger partial charge >= 0.3 is 0 Å². The van der Waals surface area contributed by atoms with Crippen LogP contribution < -0.4 is 5.32 Å². The molecule has 0 amide bonds. The number of hydrogen-bond acceptors (Lipinski definition) is 4. The molecule has 0 aliphatic carbocycles. The Labute approximate surface area is 127 Å². The summed E-state index contributed by atoms with van der Waals surface area (Å²) < 4.78 is 23.0. The number of nitrogens with zero attached hydrogens (tertiary/aromatic N) is 1. The maximum atomic E-state index is 11.5. The fourth-order valence-electron chi connectivity index (χ4n) is 3.77. The van der Waals surface area contributed by atoms with Crippen LogP contribution in [0, 0.1) is 0 Å². The highest BCUT2D eigenvalue weighted by atomic mass is 32.2. The van der Waals surface area contributed by atoms with Gasteiger partial charge in [-0.15, -0.1) is 0 Å². The van der Waals surface area contributed by atoms with Crippen LogP contribution in [-0.4, -0.2) is 44.7 Å². The summed E-state index contributed by atoms with van der Waals surface area (Å²) in [6.07, 6.45) is 7.57. The molecule has 1 aromatic carbocycles. The smallest absolute Gasteiger partial charge is 0.175 e. The molecule has 1 N–H and O–H groups in total. The summed E-state index contributed by atoms with van der Waals surface area (Å²) in [5, 5.41) is 3.59. The second-order valence-electron chi connectivity index (χ2n) is 6.51. The van der Waals surface area contributed by atoms with Crippen LogP contribution in [0.25, 0.3) is 0 Å². The molecule has 2 atom stereocenters. The number of sulfone groups is 1. The van der Waals surface area contributed by atoms with Crippen molar-refractivity contribution in [2.75, 3.05) is 18.6 Å². The Kier molecular flexibility index (Phi) is 3.97. The van der Waals surface area contributed by atoms with E-state index in [2.05, 4.69) is 17.3 Å². The van der Waals surface area contributed by atoms with Gasteiger partial charge in [0.2, 0.25) is 0 Å². The molecular weight excluding hydrogens is 284 g/mol. The molecule has 0 radical (unpaired) electrons. The molecule has 2 aliphatic heterocycles. The van der Waals surface area contributed by atoms with Crippen LogP contribution in [0.1, 0.15) is 32.1 Å². The average Bonchev–Trinajstić information content (AvgIpc) is 2.39. The number of piperidine rings is 2. The van der Waals surface area contributed by atoms with Crippen LogP contribution in [0.5, 0.6) is 0 Å². The van der Waals surface area contributed by atoms with Crippen LogP contribution in [0.3, 0.4) is 0 Å². The zero-order valence-corrected chi connectivity index (χ0v) is 13.6. The van der Waals surface area contributed by atoms with Gasteiger partial charge < -0.3 is 10.2 Å². The van der Waals surface area contributed by atoms with Gasteiger partial charge in [-0.1, -0.05) is 6.42 Å². The van der Waals surface area contributed by atoms with Gasteiger partial charge in [0.15, 0.2) is 9.84 Å². The molecule has 3 rings (SSSR count). The molecule has 0 saturated carbocycles. The van der Waals surface area contributed by atoms with Gasteiger partial charge in [-0.3, -0.25) is 0 Å². The number of hydrogen-bond donors (Lipinski definition) is 1. The molecule has 1 aromatic rings. The molecule has 2 saturated heterocycles. The summed E-state index contributed by atoms with van der Waals surface area (Å²) in [6, 6.07) is 9.03. The zero-order valence-electron chi connectivity index (χ0n) is 12.7. The van der Waals surface area contributed by atoms with E-state index in [1.54, 1.807) is 12.1 Å². The maximum absolute atomic E-state index is 11.5. The molecule has 21 heavy (non-hydrogen) atoms. The summed E-state index contributed by atoms with van der Waals surface area (Å²) >= 11 is 0. The average molecular weight is 308 g/mol. The number of nitrogens with one attached hydrogen (secondary N) is 1. The Morgan fingerprint density at radius 3 is 2.19 bits per heavy atom. The lowest BCUT2D eigenvalue weighted by molar-refractivity contribution is 0.0608. The highest BCUT2D eigenvalue weighted by Gasteiger charge is 2.35. The molecule has 4 nitrogen and oxygen atoms in total. The van der Waals surface area contributed by atoms with Crippen molar-refractivity contribution in [2.24, 2.45) is 0 Å². The first-order chi connectivity index (χ1) is 9.93. The third-order valence-corrected chi connectivity index (χ3v) is 6.12. The minimum Gasteiger partial charge on any atom is -0.382 e. The Hall–Kier alpha value is -1.07. The highest BCUT2D eigenvalue weighted by Crippen LogP contribution is 2.33. The fourth-order valence-corrected chi connectivity index (χ4v) is 4.40. The van der Waals surface area contributed by atoms with Gasteiger partial charge in [0.05, 0.1) is 4.90 Å². The molecular formula is C16H24N2O2S. The Balaban J connectivity index is 1.67. The molecule has 2 unspecified atom stereocenters. The molecule has 5 heteroatoms. The second-order valence-corrected chi connectivity index (χ2v) is 8.53. The Morgan fingerprint density at radius 2 is 1.67 bits per heavy atom. The predicted molar refractivity (Wildman–Crippen MR) is 85.4 cm³/mol. The third-order valence-electron chi connectivity index (χ3n) is 4.99. The normalized spacial score (nSPS) is 30.1. The minimum atomic E-state index is -3.11. The van der Waals surface area contributed by atoms with Crippen molar-refractivity contribution in [1.82, 2.24) is 4.90 Å².